The molecule has 2 aromatic carbocycles. The van der Waals surface area contributed by atoms with Crippen molar-refractivity contribution in [1.82, 2.24) is 4.98 Å². The Morgan fingerprint density at radius 2 is 1.71 bits per heavy atom. The van der Waals surface area contributed by atoms with Crippen molar-refractivity contribution in [3.05, 3.63) is 59.1 Å². The molecule has 0 saturated heterocycles. The Morgan fingerprint density at radius 3 is 2.48 bits per heavy atom. The molecular formula is C15H11ClN4O. The minimum absolute atomic E-state index is 0.312. The first kappa shape index (κ1) is 13.3. The van der Waals surface area contributed by atoms with Gasteiger partial charge in [-0.05, 0) is 12.1 Å². The van der Waals surface area contributed by atoms with Gasteiger partial charge in [0.05, 0.1) is 10.6 Å². The van der Waals surface area contributed by atoms with Crippen LogP contribution in [-0.4, -0.2) is 10.9 Å². The van der Waals surface area contributed by atoms with Crippen molar-refractivity contribution in [2.45, 2.75) is 0 Å². The summed E-state index contributed by atoms with van der Waals surface area (Å²) < 4.78 is 0. The molecule has 3 rings (SSSR count). The first-order chi connectivity index (χ1) is 10.2. The number of aromatic amines is 1. The first-order valence-electron chi connectivity index (χ1n) is 6.23. The predicted molar refractivity (Wildman–Crippen MR) is 83.0 cm³/mol. The van der Waals surface area contributed by atoms with Crippen molar-refractivity contribution in [3.8, 4) is 0 Å². The summed E-state index contributed by atoms with van der Waals surface area (Å²) >= 11 is 5.95. The number of H-pyrrole nitrogens is 1. The Hall–Kier alpha value is -2.66. The summed E-state index contributed by atoms with van der Waals surface area (Å²) in [5, 5.41) is 9.66. The fraction of sp³-hybridized carbons (Fsp3) is 0. The van der Waals surface area contributed by atoms with E-state index >= 15 is 0 Å². The lowest BCUT2D eigenvalue weighted by Crippen LogP contribution is -1.94. The third-order valence-corrected chi connectivity index (χ3v) is 3.40. The highest BCUT2D eigenvalue weighted by Gasteiger charge is 2.10. The number of benzene rings is 2. The number of halogens is 1. The highest BCUT2D eigenvalue weighted by Crippen LogP contribution is 2.30. The number of carbonyl (C=O) groups is 1. The highest BCUT2D eigenvalue weighted by molar-refractivity contribution is 6.33. The van der Waals surface area contributed by atoms with Crippen molar-refractivity contribution in [3.63, 3.8) is 0 Å². The third-order valence-electron chi connectivity index (χ3n) is 3.07. The predicted octanol–water partition coefficient (Wildman–Crippen LogP) is 4.33. The van der Waals surface area contributed by atoms with Gasteiger partial charge in [0.15, 0.2) is 5.82 Å². The summed E-state index contributed by atoms with van der Waals surface area (Å²) in [6.45, 7) is 0. The number of azo groups is 1. The lowest BCUT2D eigenvalue weighted by molar-refractivity contribution is 0.0995. The number of nitrogens with two attached hydrogens (primary N) is 1. The summed E-state index contributed by atoms with van der Waals surface area (Å²) in [6, 6.07) is 14.2. The molecule has 0 radical (unpaired) electrons. The number of rotatable bonds is 2. The molecule has 104 valence electrons. The molecule has 6 heteroatoms. The Bertz CT molecular complexity index is 854. The van der Waals surface area contributed by atoms with Crippen LogP contribution >= 0.6 is 11.6 Å². The van der Waals surface area contributed by atoms with Gasteiger partial charge in [0.1, 0.15) is 5.82 Å². The molecule has 3 aromatic rings. The molecule has 0 fully saturated rings. The average molecular weight is 299 g/mol. The number of hydrogen-bond acceptors (Lipinski definition) is 3. The normalized spacial score (nSPS) is 11.3. The number of carbonyl (C=O) groups excluding carboxylic acids is 1. The van der Waals surface area contributed by atoms with Crippen LogP contribution in [0.4, 0.5) is 11.6 Å². The van der Waals surface area contributed by atoms with Crippen molar-refractivity contribution >= 4 is 39.9 Å². The van der Waals surface area contributed by atoms with Crippen LogP contribution in [0.1, 0.15) is 10.4 Å². The molecule has 0 aliphatic heterocycles. The largest absolute Gasteiger partial charge is 0.385 e. The van der Waals surface area contributed by atoms with Crippen LogP contribution in [0.25, 0.3) is 10.8 Å². The topological polar surface area (TPSA) is 83.6 Å². The summed E-state index contributed by atoms with van der Waals surface area (Å²) in [4.78, 5) is 14.9. The number of fused-ring (bicyclic) bond motifs is 1. The van der Waals surface area contributed by atoms with Gasteiger partial charge in [-0.15, -0.1) is 10.2 Å². The van der Waals surface area contributed by atoms with Crippen molar-refractivity contribution in [2.24, 2.45) is 10.2 Å². The quantitative estimate of drug-likeness (QED) is 0.690. The van der Waals surface area contributed by atoms with E-state index in [1.54, 1.807) is 24.3 Å². The number of nitrogens with zero attached hydrogens (tertiary/aromatic N) is 2. The molecule has 3 N–H and O–H groups in total. The van der Waals surface area contributed by atoms with E-state index in [4.69, 9.17) is 17.3 Å². The Morgan fingerprint density at radius 1 is 1.05 bits per heavy atom. The molecule has 0 bridgehead atoms. The number of hydrogen-bond donors (Lipinski definition) is 2. The SMILES string of the molecule is Nc1[nH]c(N=NC(=O)c2ccccc2Cl)c2ccccc12. The molecule has 1 aromatic heterocycles. The molecule has 5 nitrogen and oxygen atoms in total. The van der Waals surface area contributed by atoms with Crippen LogP contribution in [0, 0.1) is 0 Å². The first-order valence-corrected chi connectivity index (χ1v) is 6.61. The van der Waals surface area contributed by atoms with Gasteiger partial charge in [-0.3, -0.25) is 4.79 Å². The molecule has 0 spiro atoms. The van der Waals surface area contributed by atoms with Gasteiger partial charge in [-0.25, -0.2) is 0 Å². The fourth-order valence-corrected chi connectivity index (χ4v) is 2.27. The van der Waals surface area contributed by atoms with Gasteiger partial charge in [-0.1, -0.05) is 48.0 Å². The minimum Gasteiger partial charge on any atom is -0.385 e. The van der Waals surface area contributed by atoms with E-state index in [9.17, 15) is 4.79 Å². The molecular weight excluding hydrogens is 288 g/mol. The highest BCUT2D eigenvalue weighted by atomic mass is 35.5. The van der Waals surface area contributed by atoms with Gasteiger partial charge >= 0.3 is 0 Å². The lowest BCUT2D eigenvalue weighted by atomic mass is 10.2. The van der Waals surface area contributed by atoms with Crippen molar-refractivity contribution in [2.75, 3.05) is 5.73 Å². The number of aromatic nitrogens is 1. The van der Waals surface area contributed by atoms with Crippen molar-refractivity contribution < 1.29 is 4.79 Å². The lowest BCUT2D eigenvalue weighted by Gasteiger charge is -1.96. The van der Waals surface area contributed by atoms with Gasteiger partial charge < -0.3 is 10.7 Å². The van der Waals surface area contributed by atoms with E-state index in [2.05, 4.69) is 15.2 Å². The van der Waals surface area contributed by atoms with Crippen LogP contribution in [0.3, 0.4) is 0 Å². The average Bonchev–Trinajstić information content (AvgIpc) is 2.82. The second-order valence-electron chi connectivity index (χ2n) is 4.42. The Labute approximate surface area is 125 Å². The van der Waals surface area contributed by atoms with Gasteiger partial charge in [0, 0.05) is 10.8 Å². The standard InChI is InChI=1S/C15H11ClN4O/c16-12-8-4-3-7-11(12)15(21)20-19-14-10-6-2-1-5-9(10)13(17)18-14/h1-8,18H,17H2. The maximum Gasteiger partial charge on any atom is 0.296 e. The number of amides is 1. The molecule has 1 heterocycles. The van der Waals surface area contributed by atoms with E-state index in [0.717, 1.165) is 10.8 Å². The van der Waals surface area contributed by atoms with Gasteiger partial charge in [-0.2, -0.15) is 0 Å². The van der Waals surface area contributed by atoms with Crippen molar-refractivity contribution in [1.29, 1.82) is 0 Å². The summed E-state index contributed by atoms with van der Waals surface area (Å²) in [6.07, 6.45) is 0. The van der Waals surface area contributed by atoms with E-state index in [1.807, 2.05) is 24.3 Å². The van der Waals surface area contributed by atoms with E-state index in [0.29, 0.717) is 22.2 Å². The Kier molecular flexibility index (Phi) is 3.41. The molecule has 0 unspecified atom stereocenters. The van der Waals surface area contributed by atoms with E-state index in [1.165, 1.54) is 0 Å². The van der Waals surface area contributed by atoms with E-state index in [-0.39, 0.29) is 0 Å². The summed E-state index contributed by atoms with van der Waals surface area (Å²) in [5.74, 6) is 0.436. The Balaban J connectivity index is 1.95. The number of nitrogen functional groups attached to an aromatic ring is 1. The molecule has 0 aliphatic carbocycles. The van der Waals surface area contributed by atoms with Crippen LogP contribution in [0.5, 0.6) is 0 Å². The zero-order valence-electron chi connectivity index (χ0n) is 10.9. The second-order valence-corrected chi connectivity index (χ2v) is 4.83. The molecule has 1 amide bonds. The van der Waals surface area contributed by atoms with Crippen LogP contribution < -0.4 is 5.73 Å². The van der Waals surface area contributed by atoms with Crippen LogP contribution in [0.15, 0.2) is 58.8 Å². The molecule has 21 heavy (non-hydrogen) atoms. The summed E-state index contributed by atoms with van der Waals surface area (Å²) in [5.41, 5.74) is 6.17. The maximum atomic E-state index is 12.0. The zero-order valence-corrected chi connectivity index (χ0v) is 11.6. The smallest absolute Gasteiger partial charge is 0.296 e. The third kappa shape index (κ3) is 2.51. The summed E-state index contributed by atoms with van der Waals surface area (Å²) in [7, 11) is 0. The van der Waals surface area contributed by atoms with Gasteiger partial charge in [0.25, 0.3) is 5.91 Å². The monoisotopic (exact) mass is 298 g/mol. The minimum atomic E-state index is -0.502. The van der Waals surface area contributed by atoms with Crippen LogP contribution in [-0.2, 0) is 0 Å². The zero-order chi connectivity index (χ0) is 14.8. The molecule has 0 aliphatic rings. The number of anilines is 1. The molecule has 0 atom stereocenters. The maximum absolute atomic E-state index is 12.0. The van der Waals surface area contributed by atoms with Crippen LogP contribution in [0.2, 0.25) is 5.02 Å². The second kappa shape index (κ2) is 5.38. The molecule has 0 saturated carbocycles. The number of nitrogens with one attached hydrogen (secondary N) is 1. The van der Waals surface area contributed by atoms with E-state index < -0.39 is 5.91 Å². The fourth-order valence-electron chi connectivity index (χ4n) is 2.05. The van der Waals surface area contributed by atoms with Gasteiger partial charge in [0.2, 0.25) is 0 Å².